The van der Waals surface area contributed by atoms with E-state index in [9.17, 15) is 22.8 Å². The van der Waals surface area contributed by atoms with Crippen LogP contribution in [0.5, 0.6) is 17.4 Å². The van der Waals surface area contributed by atoms with Crippen molar-refractivity contribution in [1.29, 1.82) is 0 Å². The Morgan fingerprint density at radius 2 is 1.62 bits per heavy atom. The zero-order valence-electron chi connectivity index (χ0n) is 16.4. The molecule has 2 aromatic carbocycles. The van der Waals surface area contributed by atoms with Crippen molar-refractivity contribution in [3.05, 3.63) is 65.9 Å². The van der Waals surface area contributed by atoms with Crippen molar-refractivity contribution >= 4 is 12.2 Å². The van der Waals surface area contributed by atoms with Crippen LogP contribution < -0.4 is 20.9 Å². The molecule has 1 heterocycles. The normalized spacial score (nSPS) is 12.1. The van der Waals surface area contributed by atoms with Gasteiger partial charge in [-0.15, -0.1) is 0 Å². The maximum Gasteiger partial charge on any atom is 0.416 e. The molecule has 11 heteroatoms. The Morgan fingerprint density at radius 1 is 1.03 bits per heavy atom. The standard InChI is InChI=1S/C21H17F3N4O4/c22-21(23,24)13-3-7-15(8-4-13)31-14-5-1-12(2-6-14)20-27-17(19(26)30)9-18(28-20)32-16(10-25)11-29/h1-9,11,16H,10,25H2,(H2,26,30). The van der Waals surface area contributed by atoms with E-state index in [2.05, 4.69) is 9.97 Å². The molecule has 0 spiro atoms. The Kier molecular flexibility index (Phi) is 6.69. The van der Waals surface area contributed by atoms with E-state index in [0.29, 0.717) is 17.6 Å². The number of carbonyl (C=O) groups is 2. The summed E-state index contributed by atoms with van der Waals surface area (Å²) in [6.07, 6.45) is -4.89. The Bertz CT molecular complexity index is 1100. The van der Waals surface area contributed by atoms with Gasteiger partial charge in [0.25, 0.3) is 5.91 Å². The smallest absolute Gasteiger partial charge is 0.416 e. The van der Waals surface area contributed by atoms with E-state index < -0.39 is 23.8 Å². The molecule has 0 bridgehead atoms. The molecule has 1 aromatic heterocycles. The highest BCUT2D eigenvalue weighted by Crippen LogP contribution is 2.32. The lowest BCUT2D eigenvalue weighted by Gasteiger charge is -2.12. The summed E-state index contributed by atoms with van der Waals surface area (Å²) in [5.41, 5.74) is 10.3. The minimum Gasteiger partial charge on any atom is -0.465 e. The molecule has 0 saturated heterocycles. The Hall–Kier alpha value is -3.99. The van der Waals surface area contributed by atoms with Gasteiger partial charge >= 0.3 is 6.18 Å². The highest BCUT2D eigenvalue weighted by Gasteiger charge is 2.30. The lowest BCUT2D eigenvalue weighted by atomic mass is 10.2. The van der Waals surface area contributed by atoms with E-state index in [-0.39, 0.29) is 29.7 Å². The van der Waals surface area contributed by atoms with Crippen molar-refractivity contribution < 1.29 is 32.2 Å². The number of nitrogens with zero attached hydrogens (tertiary/aromatic N) is 2. The number of hydrogen-bond acceptors (Lipinski definition) is 7. The van der Waals surface area contributed by atoms with E-state index in [4.69, 9.17) is 20.9 Å². The SMILES string of the molecule is NCC(C=O)Oc1cc(C(N)=O)nc(-c2ccc(Oc3ccc(C(F)(F)F)cc3)cc2)n1. The topological polar surface area (TPSA) is 130 Å². The zero-order valence-corrected chi connectivity index (χ0v) is 16.4. The number of ether oxygens (including phenoxy) is 2. The van der Waals surface area contributed by atoms with Crippen LogP contribution >= 0.6 is 0 Å². The molecule has 166 valence electrons. The number of amides is 1. The predicted octanol–water partition coefficient (Wildman–Crippen LogP) is 2.96. The van der Waals surface area contributed by atoms with Crippen molar-refractivity contribution in [3.63, 3.8) is 0 Å². The van der Waals surface area contributed by atoms with Crippen LogP contribution in [-0.4, -0.2) is 34.8 Å². The molecule has 4 N–H and O–H groups in total. The summed E-state index contributed by atoms with van der Waals surface area (Å²) in [5, 5.41) is 0. The van der Waals surface area contributed by atoms with Crippen LogP contribution in [0.15, 0.2) is 54.6 Å². The first-order chi connectivity index (χ1) is 15.2. The van der Waals surface area contributed by atoms with Crippen LogP contribution in [0.3, 0.4) is 0 Å². The fourth-order valence-electron chi connectivity index (χ4n) is 2.55. The molecule has 1 atom stereocenters. The van der Waals surface area contributed by atoms with Crippen molar-refractivity contribution in [3.8, 4) is 28.8 Å². The van der Waals surface area contributed by atoms with Gasteiger partial charge in [0.2, 0.25) is 5.88 Å². The Labute approximate surface area is 180 Å². The van der Waals surface area contributed by atoms with Gasteiger partial charge in [0.05, 0.1) is 5.56 Å². The second-order valence-electron chi connectivity index (χ2n) is 6.46. The molecule has 1 unspecified atom stereocenters. The number of nitrogens with two attached hydrogens (primary N) is 2. The van der Waals surface area contributed by atoms with Gasteiger partial charge < -0.3 is 20.9 Å². The molecule has 3 rings (SSSR count). The first-order valence-electron chi connectivity index (χ1n) is 9.16. The number of benzene rings is 2. The number of aldehydes is 1. The molecule has 0 aliphatic heterocycles. The molecule has 0 fully saturated rings. The highest BCUT2D eigenvalue weighted by atomic mass is 19.4. The molecule has 3 aromatic rings. The summed E-state index contributed by atoms with van der Waals surface area (Å²) in [6, 6.07) is 11.7. The molecule has 1 amide bonds. The maximum absolute atomic E-state index is 12.7. The summed E-state index contributed by atoms with van der Waals surface area (Å²) in [7, 11) is 0. The number of hydrogen-bond donors (Lipinski definition) is 2. The largest absolute Gasteiger partial charge is 0.465 e. The molecular weight excluding hydrogens is 429 g/mol. The number of primary amides is 1. The minimum absolute atomic E-state index is 0.0589. The average molecular weight is 446 g/mol. The summed E-state index contributed by atoms with van der Waals surface area (Å²) in [4.78, 5) is 30.8. The predicted molar refractivity (Wildman–Crippen MR) is 107 cm³/mol. The van der Waals surface area contributed by atoms with Gasteiger partial charge in [-0.1, -0.05) is 0 Å². The summed E-state index contributed by atoms with van der Waals surface area (Å²) in [6.45, 7) is -0.0925. The van der Waals surface area contributed by atoms with Gasteiger partial charge in [-0.25, -0.2) is 4.98 Å². The molecule has 0 aliphatic carbocycles. The average Bonchev–Trinajstić information content (AvgIpc) is 2.77. The molecule has 8 nitrogen and oxygen atoms in total. The first-order valence-corrected chi connectivity index (χ1v) is 9.16. The van der Waals surface area contributed by atoms with Gasteiger partial charge in [0.15, 0.2) is 18.2 Å². The molecule has 0 aliphatic rings. The Balaban J connectivity index is 1.82. The van der Waals surface area contributed by atoms with E-state index in [0.717, 1.165) is 12.1 Å². The maximum atomic E-state index is 12.7. The summed E-state index contributed by atoms with van der Waals surface area (Å²) >= 11 is 0. The number of aromatic nitrogens is 2. The van der Waals surface area contributed by atoms with Crippen molar-refractivity contribution in [1.82, 2.24) is 9.97 Å². The summed E-state index contributed by atoms with van der Waals surface area (Å²) < 4.78 is 48.9. The van der Waals surface area contributed by atoms with E-state index in [1.54, 1.807) is 24.3 Å². The fourth-order valence-corrected chi connectivity index (χ4v) is 2.55. The lowest BCUT2D eigenvalue weighted by molar-refractivity contribution is -0.137. The van der Waals surface area contributed by atoms with Crippen LogP contribution in [0.2, 0.25) is 0 Å². The van der Waals surface area contributed by atoms with Gasteiger partial charge in [-0.05, 0) is 48.5 Å². The van der Waals surface area contributed by atoms with Crippen molar-refractivity contribution in [2.24, 2.45) is 11.5 Å². The van der Waals surface area contributed by atoms with E-state index >= 15 is 0 Å². The third-order valence-corrected chi connectivity index (χ3v) is 4.14. The lowest BCUT2D eigenvalue weighted by Crippen LogP contribution is -2.28. The van der Waals surface area contributed by atoms with Crippen molar-refractivity contribution in [2.75, 3.05) is 6.54 Å². The van der Waals surface area contributed by atoms with Crippen LogP contribution in [0.1, 0.15) is 16.1 Å². The fraction of sp³-hybridized carbons (Fsp3) is 0.143. The van der Waals surface area contributed by atoms with E-state index in [1.807, 2.05) is 0 Å². The van der Waals surface area contributed by atoms with Crippen LogP contribution in [0, 0.1) is 0 Å². The third-order valence-electron chi connectivity index (χ3n) is 4.14. The third kappa shape index (κ3) is 5.58. The number of halogens is 3. The highest BCUT2D eigenvalue weighted by molar-refractivity contribution is 5.91. The number of rotatable bonds is 8. The molecule has 32 heavy (non-hydrogen) atoms. The van der Waals surface area contributed by atoms with Gasteiger partial charge in [-0.2, -0.15) is 18.2 Å². The quantitative estimate of drug-likeness (QED) is 0.509. The molecular formula is C21H17F3N4O4. The molecule has 0 radical (unpaired) electrons. The molecule has 0 saturated carbocycles. The monoisotopic (exact) mass is 446 g/mol. The van der Waals surface area contributed by atoms with Gasteiger partial charge in [0.1, 0.15) is 17.2 Å². The second kappa shape index (κ2) is 9.43. The minimum atomic E-state index is -4.43. The number of alkyl halides is 3. The van der Waals surface area contributed by atoms with Crippen LogP contribution in [0.25, 0.3) is 11.4 Å². The van der Waals surface area contributed by atoms with E-state index in [1.165, 1.54) is 18.2 Å². The second-order valence-corrected chi connectivity index (χ2v) is 6.46. The van der Waals surface area contributed by atoms with Gasteiger partial charge in [0, 0.05) is 18.2 Å². The first kappa shape index (κ1) is 22.7. The zero-order chi connectivity index (χ0) is 23.3. The van der Waals surface area contributed by atoms with Crippen LogP contribution in [0.4, 0.5) is 13.2 Å². The summed E-state index contributed by atoms with van der Waals surface area (Å²) in [5.74, 6) is -0.220. The Morgan fingerprint density at radius 3 is 2.12 bits per heavy atom. The van der Waals surface area contributed by atoms with Crippen molar-refractivity contribution in [2.45, 2.75) is 12.3 Å². The number of carbonyl (C=O) groups excluding carboxylic acids is 2. The van der Waals surface area contributed by atoms with Gasteiger partial charge in [-0.3, -0.25) is 9.59 Å². The van der Waals surface area contributed by atoms with Crippen LogP contribution in [-0.2, 0) is 11.0 Å².